The summed E-state index contributed by atoms with van der Waals surface area (Å²) in [6.45, 7) is 6.32. The number of ether oxygens (including phenoxy) is 3. The molecule has 0 aliphatic heterocycles. The largest absolute Gasteiger partial charge is 0.486 e. The first-order valence-corrected chi connectivity index (χ1v) is 14.3. The highest BCUT2D eigenvalue weighted by atomic mass is 16.6. The van der Waals surface area contributed by atoms with Crippen molar-refractivity contribution in [2.45, 2.75) is 26.4 Å². The molecule has 0 aromatic heterocycles. The van der Waals surface area contributed by atoms with Crippen LogP contribution < -0.4 is 15.0 Å². The molecule has 9 heteroatoms. The fourth-order valence-electron chi connectivity index (χ4n) is 5.48. The van der Waals surface area contributed by atoms with Crippen molar-refractivity contribution < 1.29 is 23.9 Å². The first-order chi connectivity index (χ1) is 20.9. The number of hydrogen-bond donors (Lipinski definition) is 1. The summed E-state index contributed by atoms with van der Waals surface area (Å²) in [4.78, 5) is 26.2. The number of nitro benzene ring substituents is 1. The van der Waals surface area contributed by atoms with Gasteiger partial charge in [-0.1, -0.05) is 54.6 Å². The van der Waals surface area contributed by atoms with Gasteiger partial charge in [-0.25, -0.2) is 4.79 Å². The van der Waals surface area contributed by atoms with Gasteiger partial charge in [0.25, 0.3) is 0 Å². The summed E-state index contributed by atoms with van der Waals surface area (Å²) in [7, 11) is 1.67. The zero-order chi connectivity index (χ0) is 30.3. The predicted molar refractivity (Wildman–Crippen MR) is 167 cm³/mol. The van der Waals surface area contributed by atoms with Crippen LogP contribution in [0.1, 0.15) is 35.1 Å². The van der Waals surface area contributed by atoms with Crippen LogP contribution in [-0.4, -0.2) is 44.4 Å². The molecule has 4 aromatic carbocycles. The average molecular weight is 582 g/mol. The van der Waals surface area contributed by atoms with Gasteiger partial charge in [0, 0.05) is 43.6 Å². The van der Waals surface area contributed by atoms with Gasteiger partial charge in [-0.2, -0.15) is 0 Å². The molecule has 0 atom stereocenters. The molecule has 0 fully saturated rings. The molecule has 1 aliphatic carbocycles. The van der Waals surface area contributed by atoms with Crippen LogP contribution in [0.5, 0.6) is 5.75 Å². The number of anilines is 2. The van der Waals surface area contributed by atoms with Crippen molar-refractivity contribution in [3.63, 3.8) is 0 Å². The number of fused-ring (bicyclic) bond motifs is 3. The Bertz CT molecular complexity index is 1580. The van der Waals surface area contributed by atoms with Gasteiger partial charge in [-0.05, 0) is 71.5 Å². The fourth-order valence-corrected chi connectivity index (χ4v) is 5.48. The summed E-state index contributed by atoms with van der Waals surface area (Å²) in [5.41, 5.74) is 7.44. The summed E-state index contributed by atoms with van der Waals surface area (Å²) in [5.74, 6) is 0.133. The number of aryl methyl sites for hydroxylation is 1. The van der Waals surface area contributed by atoms with Gasteiger partial charge in [-0.15, -0.1) is 0 Å². The second kappa shape index (κ2) is 13.4. The number of carbonyl (C=O) groups excluding carboxylic acids is 1. The van der Waals surface area contributed by atoms with Crippen LogP contribution in [0, 0.1) is 17.0 Å². The number of rotatable bonds is 12. The van der Waals surface area contributed by atoms with Gasteiger partial charge in [0.15, 0.2) is 5.75 Å². The van der Waals surface area contributed by atoms with Crippen molar-refractivity contribution in [3.8, 4) is 16.9 Å². The van der Waals surface area contributed by atoms with E-state index in [0.29, 0.717) is 17.9 Å². The number of hydrogen-bond acceptors (Lipinski definition) is 7. The van der Waals surface area contributed by atoms with E-state index in [1.807, 2.05) is 49.4 Å². The molecule has 9 nitrogen and oxygen atoms in total. The molecular weight excluding hydrogens is 546 g/mol. The maximum Gasteiger partial charge on any atom is 0.411 e. The molecule has 43 heavy (non-hydrogen) atoms. The van der Waals surface area contributed by atoms with E-state index < -0.39 is 11.0 Å². The Morgan fingerprint density at radius 1 is 0.977 bits per heavy atom. The van der Waals surface area contributed by atoms with E-state index in [1.165, 1.54) is 6.07 Å². The molecule has 1 aliphatic rings. The third-order valence-corrected chi connectivity index (χ3v) is 7.72. The monoisotopic (exact) mass is 581 g/mol. The van der Waals surface area contributed by atoms with Crippen molar-refractivity contribution in [2.75, 3.05) is 43.6 Å². The fraction of sp³-hybridized carbons (Fsp3) is 0.265. The van der Waals surface area contributed by atoms with Gasteiger partial charge in [0.05, 0.1) is 18.1 Å². The molecule has 1 amide bonds. The molecule has 1 N–H and O–H groups in total. The van der Waals surface area contributed by atoms with Crippen molar-refractivity contribution in [2.24, 2.45) is 0 Å². The minimum Gasteiger partial charge on any atom is -0.486 e. The minimum atomic E-state index is -0.649. The van der Waals surface area contributed by atoms with Gasteiger partial charge < -0.3 is 19.1 Å². The number of amides is 1. The van der Waals surface area contributed by atoms with Crippen molar-refractivity contribution in [3.05, 3.63) is 117 Å². The highest BCUT2D eigenvalue weighted by molar-refractivity contribution is 5.86. The van der Waals surface area contributed by atoms with E-state index in [4.69, 9.17) is 14.2 Å². The molecular formula is C34H35N3O6. The van der Waals surface area contributed by atoms with Crippen LogP contribution in [-0.2, 0) is 16.1 Å². The Morgan fingerprint density at radius 2 is 1.67 bits per heavy atom. The van der Waals surface area contributed by atoms with Gasteiger partial charge in [-0.3, -0.25) is 15.4 Å². The minimum absolute atomic E-state index is 0.0355. The summed E-state index contributed by atoms with van der Waals surface area (Å²) in [6.07, 6.45) is -0.649. The molecule has 0 saturated heterocycles. The molecule has 0 heterocycles. The van der Waals surface area contributed by atoms with E-state index >= 15 is 0 Å². The molecule has 0 saturated carbocycles. The van der Waals surface area contributed by atoms with Gasteiger partial charge in [0.2, 0.25) is 0 Å². The zero-order valence-corrected chi connectivity index (χ0v) is 24.5. The van der Waals surface area contributed by atoms with Crippen molar-refractivity contribution in [1.82, 2.24) is 0 Å². The van der Waals surface area contributed by atoms with E-state index in [2.05, 4.69) is 41.4 Å². The predicted octanol–water partition coefficient (Wildman–Crippen LogP) is 7.32. The smallest absolute Gasteiger partial charge is 0.411 e. The number of benzene rings is 4. The van der Waals surface area contributed by atoms with Crippen LogP contribution in [0.25, 0.3) is 11.1 Å². The Labute approximate surface area is 251 Å². The normalized spacial score (nSPS) is 11.9. The average Bonchev–Trinajstić information content (AvgIpc) is 3.34. The summed E-state index contributed by atoms with van der Waals surface area (Å²) in [6, 6.07) is 26.7. The molecule has 0 unspecified atom stereocenters. The number of carbonyl (C=O) groups is 1. The maximum absolute atomic E-state index is 12.6. The second-order valence-corrected chi connectivity index (χ2v) is 10.4. The molecule has 0 spiro atoms. The molecule has 0 radical (unpaired) electrons. The molecule has 4 aromatic rings. The Balaban J connectivity index is 1.22. The lowest BCUT2D eigenvalue weighted by Crippen LogP contribution is -2.26. The Hall–Kier alpha value is -4.89. The Morgan fingerprint density at radius 3 is 2.30 bits per heavy atom. The lowest BCUT2D eigenvalue weighted by molar-refractivity contribution is -0.386. The van der Waals surface area contributed by atoms with E-state index in [-0.39, 0.29) is 30.6 Å². The van der Waals surface area contributed by atoms with E-state index in [0.717, 1.165) is 46.6 Å². The highest BCUT2D eigenvalue weighted by Gasteiger charge is 2.29. The first-order valence-electron chi connectivity index (χ1n) is 14.3. The summed E-state index contributed by atoms with van der Waals surface area (Å²) in [5, 5.41) is 14.7. The van der Waals surface area contributed by atoms with E-state index in [1.54, 1.807) is 19.2 Å². The third-order valence-electron chi connectivity index (χ3n) is 7.72. The van der Waals surface area contributed by atoms with Crippen LogP contribution in [0.4, 0.5) is 21.9 Å². The lowest BCUT2D eigenvalue weighted by Gasteiger charge is -2.23. The summed E-state index contributed by atoms with van der Waals surface area (Å²) >= 11 is 0. The quantitative estimate of drug-likeness (QED) is 0.138. The number of likely N-dealkylation sites (N-methyl/N-ethyl adjacent to an activating group) is 1. The summed E-state index contributed by atoms with van der Waals surface area (Å²) < 4.78 is 16.6. The van der Waals surface area contributed by atoms with Crippen LogP contribution >= 0.6 is 0 Å². The Kier molecular flexibility index (Phi) is 9.22. The first kappa shape index (κ1) is 29.6. The third kappa shape index (κ3) is 6.62. The number of nitro groups is 1. The lowest BCUT2D eigenvalue weighted by atomic mass is 9.98. The topological polar surface area (TPSA) is 103 Å². The van der Waals surface area contributed by atoms with Crippen LogP contribution in [0.3, 0.4) is 0 Å². The van der Waals surface area contributed by atoms with Crippen LogP contribution in [0.15, 0.2) is 84.9 Å². The highest BCUT2D eigenvalue weighted by Crippen LogP contribution is 2.45. The number of nitrogens with zero attached hydrogens (tertiary/aromatic N) is 2. The second-order valence-electron chi connectivity index (χ2n) is 10.4. The van der Waals surface area contributed by atoms with Crippen LogP contribution in [0.2, 0.25) is 0 Å². The SMILES string of the molecule is CCN(CCOC)c1ccc(NC(=O)OCc2ccc(OCC3c4ccccc4-c4ccccc43)c([N+](=O)[O-])c2)c(C)c1. The zero-order valence-electron chi connectivity index (χ0n) is 24.5. The number of methoxy groups -OCH3 is 1. The van der Waals surface area contributed by atoms with Crippen molar-refractivity contribution >= 4 is 23.2 Å². The van der Waals surface area contributed by atoms with Gasteiger partial charge >= 0.3 is 11.8 Å². The molecule has 0 bridgehead atoms. The van der Waals surface area contributed by atoms with E-state index in [9.17, 15) is 14.9 Å². The standard InChI is InChI=1S/C34H35N3O6/c1-4-36(17-18-41-3)25-14-15-31(23(2)19-25)35-34(38)43-21-24-13-16-33(32(20-24)37(39)40)42-22-30-28-11-7-5-9-26(28)27-10-6-8-12-29(27)30/h5-16,19-20,30H,4,17-18,21-22H2,1-3H3,(H,35,38). The molecule has 5 rings (SSSR count). The van der Waals surface area contributed by atoms with Gasteiger partial charge in [0.1, 0.15) is 6.61 Å². The molecule has 222 valence electrons. The number of nitrogens with one attached hydrogen (secondary N) is 1. The maximum atomic E-state index is 12.6. The van der Waals surface area contributed by atoms with Crippen molar-refractivity contribution in [1.29, 1.82) is 0 Å².